The summed E-state index contributed by atoms with van der Waals surface area (Å²) in [5.74, 6) is -0.949. The van der Waals surface area contributed by atoms with Gasteiger partial charge in [0.15, 0.2) is 0 Å². The van der Waals surface area contributed by atoms with Crippen LogP contribution in [0, 0.1) is 24.1 Å². The maximum absolute atomic E-state index is 13.9. The standard InChI is InChI=1S/C17H15FN2O/c1-11-4-3-5-15(16(11)18)17(21)20-12(2)14-8-6-13(10-19)7-9-14/h3-9,12H,1-2H3,(H,20,21). The van der Waals surface area contributed by atoms with Gasteiger partial charge < -0.3 is 5.32 Å². The fraction of sp³-hybridized carbons (Fsp3) is 0.176. The molecule has 0 aromatic heterocycles. The van der Waals surface area contributed by atoms with Crippen LogP contribution in [0.25, 0.3) is 0 Å². The van der Waals surface area contributed by atoms with Gasteiger partial charge in [-0.05, 0) is 43.2 Å². The first-order valence-electron chi connectivity index (χ1n) is 6.59. The molecule has 0 aliphatic heterocycles. The number of nitriles is 1. The minimum Gasteiger partial charge on any atom is -0.345 e. The average molecular weight is 282 g/mol. The van der Waals surface area contributed by atoms with Gasteiger partial charge >= 0.3 is 0 Å². The van der Waals surface area contributed by atoms with E-state index in [1.165, 1.54) is 6.07 Å². The quantitative estimate of drug-likeness (QED) is 0.936. The molecule has 2 aromatic rings. The molecule has 0 saturated carbocycles. The Labute approximate surface area is 123 Å². The van der Waals surface area contributed by atoms with E-state index in [4.69, 9.17) is 5.26 Å². The second kappa shape index (κ2) is 6.19. The van der Waals surface area contributed by atoms with E-state index < -0.39 is 11.7 Å². The van der Waals surface area contributed by atoms with E-state index in [1.807, 2.05) is 13.0 Å². The minimum atomic E-state index is -0.498. The van der Waals surface area contributed by atoms with E-state index in [-0.39, 0.29) is 11.6 Å². The zero-order chi connectivity index (χ0) is 15.4. The van der Waals surface area contributed by atoms with Crippen molar-refractivity contribution in [3.05, 3.63) is 70.5 Å². The third-order valence-corrected chi connectivity index (χ3v) is 3.32. The molecule has 1 atom stereocenters. The van der Waals surface area contributed by atoms with Crippen molar-refractivity contribution in [1.82, 2.24) is 5.32 Å². The summed E-state index contributed by atoms with van der Waals surface area (Å²) < 4.78 is 13.9. The lowest BCUT2D eigenvalue weighted by molar-refractivity contribution is 0.0935. The Morgan fingerprint density at radius 2 is 1.90 bits per heavy atom. The zero-order valence-electron chi connectivity index (χ0n) is 11.9. The van der Waals surface area contributed by atoms with Gasteiger partial charge in [-0.2, -0.15) is 5.26 Å². The third-order valence-electron chi connectivity index (χ3n) is 3.32. The predicted octanol–water partition coefficient (Wildman–Crippen LogP) is 3.50. The molecular formula is C17H15FN2O. The molecule has 0 saturated heterocycles. The minimum absolute atomic E-state index is 0.0375. The topological polar surface area (TPSA) is 52.9 Å². The smallest absolute Gasteiger partial charge is 0.254 e. The normalized spacial score (nSPS) is 11.5. The van der Waals surface area contributed by atoms with Gasteiger partial charge in [-0.1, -0.05) is 24.3 Å². The molecule has 0 fully saturated rings. The van der Waals surface area contributed by atoms with E-state index in [0.29, 0.717) is 11.1 Å². The molecule has 0 aliphatic carbocycles. The van der Waals surface area contributed by atoms with E-state index >= 15 is 0 Å². The Kier molecular flexibility index (Phi) is 4.34. The first kappa shape index (κ1) is 14.7. The van der Waals surface area contributed by atoms with Gasteiger partial charge in [0.2, 0.25) is 0 Å². The SMILES string of the molecule is Cc1cccc(C(=O)NC(C)c2ccc(C#N)cc2)c1F. The monoisotopic (exact) mass is 282 g/mol. The van der Waals surface area contributed by atoms with E-state index in [0.717, 1.165) is 5.56 Å². The van der Waals surface area contributed by atoms with Crippen molar-refractivity contribution in [2.24, 2.45) is 0 Å². The van der Waals surface area contributed by atoms with Crippen LogP contribution >= 0.6 is 0 Å². The highest BCUT2D eigenvalue weighted by Gasteiger charge is 2.16. The van der Waals surface area contributed by atoms with Crippen LogP contribution in [0.2, 0.25) is 0 Å². The van der Waals surface area contributed by atoms with Gasteiger partial charge in [0.1, 0.15) is 5.82 Å². The third kappa shape index (κ3) is 3.26. The Morgan fingerprint density at radius 1 is 1.24 bits per heavy atom. The summed E-state index contributed by atoms with van der Waals surface area (Å²) in [6.45, 7) is 3.43. The summed E-state index contributed by atoms with van der Waals surface area (Å²) in [6, 6.07) is 13.4. The van der Waals surface area contributed by atoms with E-state index in [9.17, 15) is 9.18 Å². The van der Waals surface area contributed by atoms with Crippen molar-refractivity contribution in [3.8, 4) is 6.07 Å². The number of benzene rings is 2. The molecule has 3 nitrogen and oxygen atoms in total. The van der Waals surface area contributed by atoms with Crippen LogP contribution in [0.15, 0.2) is 42.5 Å². The maximum atomic E-state index is 13.9. The Hall–Kier alpha value is -2.67. The van der Waals surface area contributed by atoms with Crippen LogP contribution < -0.4 is 5.32 Å². The predicted molar refractivity (Wildman–Crippen MR) is 78.2 cm³/mol. The van der Waals surface area contributed by atoms with Gasteiger partial charge in [0, 0.05) is 0 Å². The lowest BCUT2D eigenvalue weighted by Gasteiger charge is -2.15. The molecule has 2 rings (SSSR count). The molecule has 106 valence electrons. The molecule has 1 amide bonds. The Balaban J connectivity index is 2.15. The number of rotatable bonds is 3. The molecule has 0 radical (unpaired) electrons. The lowest BCUT2D eigenvalue weighted by Crippen LogP contribution is -2.27. The van der Waals surface area contributed by atoms with Gasteiger partial charge in [-0.3, -0.25) is 4.79 Å². The molecule has 2 aromatic carbocycles. The zero-order valence-corrected chi connectivity index (χ0v) is 11.9. The summed E-state index contributed by atoms with van der Waals surface area (Å²) in [4.78, 5) is 12.1. The van der Waals surface area contributed by atoms with Crippen LogP contribution in [0.1, 0.15) is 40.0 Å². The van der Waals surface area contributed by atoms with Crippen molar-refractivity contribution in [2.75, 3.05) is 0 Å². The molecule has 0 spiro atoms. The first-order chi connectivity index (χ1) is 10.0. The molecule has 21 heavy (non-hydrogen) atoms. The maximum Gasteiger partial charge on any atom is 0.254 e. The number of hydrogen-bond acceptors (Lipinski definition) is 2. The second-order valence-corrected chi connectivity index (χ2v) is 4.87. The lowest BCUT2D eigenvalue weighted by atomic mass is 10.1. The Morgan fingerprint density at radius 3 is 2.52 bits per heavy atom. The molecule has 0 bridgehead atoms. The fourth-order valence-corrected chi connectivity index (χ4v) is 2.03. The first-order valence-corrected chi connectivity index (χ1v) is 6.59. The molecule has 0 aliphatic rings. The number of carbonyl (C=O) groups excluding carboxylic acids is 1. The van der Waals surface area contributed by atoms with E-state index in [2.05, 4.69) is 5.32 Å². The van der Waals surface area contributed by atoms with Crippen molar-refractivity contribution in [3.63, 3.8) is 0 Å². The van der Waals surface area contributed by atoms with Crippen LogP contribution in [-0.2, 0) is 0 Å². The highest BCUT2D eigenvalue weighted by Crippen LogP contribution is 2.16. The number of amides is 1. The highest BCUT2D eigenvalue weighted by atomic mass is 19.1. The number of carbonyl (C=O) groups is 1. The van der Waals surface area contributed by atoms with Crippen molar-refractivity contribution in [1.29, 1.82) is 5.26 Å². The average Bonchev–Trinajstić information content (AvgIpc) is 2.50. The number of aryl methyl sites for hydroxylation is 1. The van der Waals surface area contributed by atoms with Gasteiger partial charge in [-0.25, -0.2) is 4.39 Å². The summed E-state index contributed by atoms with van der Waals surface area (Å²) >= 11 is 0. The molecule has 0 heterocycles. The fourth-order valence-electron chi connectivity index (χ4n) is 2.03. The summed E-state index contributed by atoms with van der Waals surface area (Å²) in [7, 11) is 0. The molecule has 1 N–H and O–H groups in total. The largest absolute Gasteiger partial charge is 0.345 e. The summed E-state index contributed by atoms with van der Waals surface area (Å²) in [6.07, 6.45) is 0. The molecule has 4 heteroatoms. The number of nitrogens with zero attached hydrogens (tertiary/aromatic N) is 1. The number of nitrogens with one attached hydrogen (secondary N) is 1. The van der Waals surface area contributed by atoms with Gasteiger partial charge in [-0.15, -0.1) is 0 Å². The van der Waals surface area contributed by atoms with Crippen LogP contribution in [0.3, 0.4) is 0 Å². The van der Waals surface area contributed by atoms with Crippen molar-refractivity contribution < 1.29 is 9.18 Å². The Bertz CT molecular complexity index is 702. The van der Waals surface area contributed by atoms with Gasteiger partial charge in [0.05, 0.1) is 23.2 Å². The van der Waals surface area contributed by atoms with Crippen LogP contribution in [0.4, 0.5) is 4.39 Å². The number of hydrogen-bond donors (Lipinski definition) is 1. The van der Waals surface area contributed by atoms with Crippen molar-refractivity contribution >= 4 is 5.91 Å². The molecule has 1 unspecified atom stereocenters. The van der Waals surface area contributed by atoms with E-state index in [1.54, 1.807) is 43.3 Å². The summed E-state index contributed by atoms with van der Waals surface area (Å²) in [5, 5.41) is 11.5. The summed E-state index contributed by atoms with van der Waals surface area (Å²) in [5.41, 5.74) is 1.89. The highest BCUT2D eigenvalue weighted by molar-refractivity contribution is 5.94. The second-order valence-electron chi connectivity index (χ2n) is 4.87. The number of halogens is 1. The van der Waals surface area contributed by atoms with Crippen molar-refractivity contribution in [2.45, 2.75) is 19.9 Å². The molecular weight excluding hydrogens is 267 g/mol. The van der Waals surface area contributed by atoms with Crippen LogP contribution in [-0.4, -0.2) is 5.91 Å². The van der Waals surface area contributed by atoms with Gasteiger partial charge in [0.25, 0.3) is 5.91 Å². The van der Waals surface area contributed by atoms with Crippen LogP contribution in [0.5, 0.6) is 0 Å².